The molecule has 0 radical (unpaired) electrons. The largest absolute Gasteiger partial charge is 0.493 e. The number of amides is 2. The molecular weight excluding hydrogens is 280 g/mol. The van der Waals surface area contributed by atoms with E-state index in [9.17, 15) is 9.59 Å². The quantitative estimate of drug-likeness (QED) is 0.816. The molecule has 22 heavy (non-hydrogen) atoms. The van der Waals surface area contributed by atoms with Crippen LogP contribution in [-0.4, -0.2) is 36.4 Å². The molecule has 1 aromatic rings. The Morgan fingerprint density at radius 3 is 2.59 bits per heavy atom. The van der Waals surface area contributed by atoms with Crippen molar-refractivity contribution < 1.29 is 14.3 Å². The first-order chi connectivity index (χ1) is 10.6. The number of carbonyl (C=O) groups excluding carboxylic acids is 2. The number of aryl methyl sites for hydroxylation is 1. The van der Waals surface area contributed by atoms with Gasteiger partial charge in [0.2, 0.25) is 11.8 Å². The van der Waals surface area contributed by atoms with E-state index in [0.717, 1.165) is 11.3 Å². The van der Waals surface area contributed by atoms with Crippen molar-refractivity contribution in [1.82, 2.24) is 4.90 Å². The summed E-state index contributed by atoms with van der Waals surface area (Å²) in [4.78, 5) is 25.0. The third kappa shape index (κ3) is 4.48. The van der Waals surface area contributed by atoms with Crippen LogP contribution in [0.1, 0.15) is 31.2 Å². The average molecular weight is 304 g/mol. The van der Waals surface area contributed by atoms with Crippen molar-refractivity contribution in [2.24, 2.45) is 11.7 Å². The molecule has 1 aromatic carbocycles. The molecule has 0 atom stereocenters. The Kier molecular flexibility index (Phi) is 5.81. The van der Waals surface area contributed by atoms with Crippen LogP contribution in [-0.2, 0) is 9.59 Å². The lowest BCUT2D eigenvalue weighted by atomic mass is 9.96. The van der Waals surface area contributed by atoms with Gasteiger partial charge in [-0.3, -0.25) is 9.59 Å². The van der Waals surface area contributed by atoms with Crippen molar-refractivity contribution in [2.75, 3.05) is 19.7 Å². The van der Waals surface area contributed by atoms with E-state index in [1.807, 2.05) is 36.1 Å². The van der Waals surface area contributed by atoms with Crippen LogP contribution in [0.4, 0.5) is 0 Å². The molecule has 0 saturated carbocycles. The highest BCUT2D eigenvalue weighted by molar-refractivity contribution is 5.78. The molecule has 0 unspecified atom stereocenters. The summed E-state index contributed by atoms with van der Waals surface area (Å²) in [5, 5.41) is 0. The van der Waals surface area contributed by atoms with Gasteiger partial charge in [-0.1, -0.05) is 18.2 Å². The van der Waals surface area contributed by atoms with Gasteiger partial charge in [-0.05, 0) is 37.8 Å². The predicted molar refractivity (Wildman–Crippen MR) is 84.4 cm³/mol. The fourth-order valence-electron chi connectivity index (χ4n) is 2.70. The van der Waals surface area contributed by atoms with Crippen LogP contribution in [0.2, 0.25) is 0 Å². The number of hydrogen-bond donors (Lipinski definition) is 1. The maximum absolute atomic E-state index is 12.1. The molecule has 2 rings (SSSR count). The Morgan fingerprint density at radius 1 is 1.27 bits per heavy atom. The highest BCUT2D eigenvalue weighted by Crippen LogP contribution is 2.18. The molecule has 0 spiro atoms. The van der Waals surface area contributed by atoms with Gasteiger partial charge in [0.1, 0.15) is 5.75 Å². The standard InChI is InChI=1S/C17H24N2O3/c1-13-5-2-3-6-15(13)22-12-4-7-16(20)19-10-8-14(9-11-19)17(18)21/h2-3,5-6,14H,4,7-12H2,1H3,(H2,18,21). The normalized spacial score (nSPS) is 15.6. The highest BCUT2D eigenvalue weighted by atomic mass is 16.5. The lowest BCUT2D eigenvalue weighted by Gasteiger charge is -2.30. The maximum Gasteiger partial charge on any atom is 0.222 e. The van der Waals surface area contributed by atoms with Crippen LogP contribution in [0.3, 0.4) is 0 Å². The van der Waals surface area contributed by atoms with E-state index in [0.29, 0.717) is 45.4 Å². The summed E-state index contributed by atoms with van der Waals surface area (Å²) < 4.78 is 5.69. The summed E-state index contributed by atoms with van der Waals surface area (Å²) in [5.41, 5.74) is 6.39. The minimum atomic E-state index is -0.251. The first kappa shape index (κ1) is 16.3. The monoisotopic (exact) mass is 304 g/mol. The molecular formula is C17H24N2O3. The van der Waals surface area contributed by atoms with E-state index in [1.54, 1.807) is 0 Å². The Labute approximate surface area is 131 Å². The van der Waals surface area contributed by atoms with Crippen LogP contribution in [0.25, 0.3) is 0 Å². The molecule has 2 N–H and O–H groups in total. The number of likely N-dealkylation sites (tertiary alicyclic amines) is 1. The number of piperidine rings is 1. The second-order valence-electron chi connectivity index (χ2n) is 5.77. The zero-order chi connectivity index (χ0) is 15.9. The van der Waals surface area contributed by atoms with Crippen molar-refractivity contribution in [1.29, 1.82) is 0 Å². The second-order valence-corrected chi connectivity index (χ2v) is 5.77. The number of rotatable bonds is 6. The van der Waals surface area contributed by atoms with Gasteiger partial charge in [0, 0.05) is 25.4 Å². The van der Waals surface area contributed by atoms with E-state index in [-0.39, 0.29) is 17.7 Å². The van der Waals surface area contributed by atoms with Crippen molar-refractivity contribution in [3.8, 4) is 5.75 Å². The second kappa shape index (κ2) is 7.82. The Bertz CT molecular complexity index is 522. The summed E-state index contributed by atoms with van der Waals surface area (Å²) in [6, 6.07) is 7.85. The molecule has 1 heterocycles. The predicted octanol–water partition coefficient (Wildman–Crippen LogP) is 1.88. The summed E-state index contributed by atoms with van der Waals surface area (Å²) in [6.07, 6.45) is 2.54. The average Bonchev–Trinajstić information content (AvgIpc) is 2.53. The van der Waals surface area contributed by atoms with Crippen molar-refractivity contribution >= 4 is 11.8 Å². The third-order valence-electron chi connectivity index (χ3n) is 4.14. The zero-order valence-electron chi connectivity index (χ0n) is 13.1. The van der Waals surface area contributed by atoms with Gasteiger partial charge >= 0.3 is 0 Å². The van der Waals surface area contributed by atoms with Crippen molar-refractivity contribution in [3.05, 3.63) is 29.8 Å². The lowest BCUT2D eigenvalue weighted by molar-refractivity contribution is -0.135. The van der Waals surface area contributed by atoms with E-state index in [2.05, 4.69) is 0 Å². The zero-order valence-corrected chi connectivity index (χ0v) is 13.1. The number of carbonyl (C=O) groups is 2. The minimum absolute atomic E-state index is 0.0755. The summed E-state index contributed by atoms with van der Waals surface area (Å²) in [6.45, 7) is 3.80. The van der Waals surface area contributed by atoms with E-state index in [1.165, 1.54) is 0 Å². The fraction of sp³-hybridized carbons (Fsp3) is 0.529. The summed E-state index contributed by atoms with van der Waals surface area (Å²) >= 11 is 0. The van der Waals surface area contributed by atoms with Gasteiger partial charge in [-0.15, -0.1) is 0 Å². The van der Waals surface area contributed by atoms with Crippen LogP contribution in [0, 0.1) is 12.8 Å². The number of nitrogens with two attached hydrogens (primary N) is 1. The van der Waals surface area contributed by atoms with Gasteiger partial charge in [0.15, 0.2) is 0 Å². The fourth-order valence-corrected chi connectivity index (χ4v) is 2.70. The number of para-hydroxylation sites is 1. The molecule has 2 amide bonds. The number of hydrogen-bond acceptors (Lipinski definition) is 3. The molecule has 5 heteroatoms. The molecule has 1 aliphatic heterocycles. The van der Waals surface area contributed by atoms with Gasteiger partial charge in [0.25, 0.3) is 0 Å². The third-order valence-corrected chi connectivity index (χ3v) is 4.14. The van der Waals surface area contributed by atoms with Gasteiger partial charge in [0.05, 0.1) is 6.61 Å². The molecule has 1 fully saturated rings. The van der Waals surface area contributed by atoms with Gasteiger partial charge < -0.3 is 15.4 Å². The van der Waals surface area contributed by atoms with Crippen LogP contribution < -0.4 is 10.5 Å². The SMILES string of the molecule is Cc1ccccc1OCCCC(=O)N1CCC(C(N)=O)CC1. The first-order valence-corrected chi connectivity index (χ1v) is 7.83. The number of benzene rings is 1. The van der Waals surface area contributed by atoms with Gasteiger partial charge in [-0.2, -0.15) is 0 Å². The van der Waals surface area contributed by atoms with Gasteiger partial charge in [-0.25, -0.2) is 0 Å². The molecule has 0 aliphatic carbocycles. The van der Waals surface area contributed by atoms with E-state index >= 15 is 0 Å². The Hall–Kier alpha value is -2.04. The maximum atomic E-state index is 12.1. The molecule has 0 bridgehead atoms. The van der Waals surface area contributed by atoms with E-state index in [4.69, 9.17) is 10.5 Å². The topological polar surface area (TPSA) is 72.6 Å². The van der Waals surface area contributed by atoms with Crippen molar-refractivity contribution in [2.45, 2.75) is 32.6 Å². The Morgan fingerprint density at radius 2 is 1.95 bits per heavy atom. The number of nitrogens with zero attached hydrogens (tertiary/aromatic N) is 1. The van der Waals surface area contributed by atoms with E-state index < -0.39 is 0 Å². The first-order valence-electron chi connectivity index (χ1n) is 7.83. The minimum Gasteiger partial charge on any atom is -0.493 e. The molecule has 0 aromatic heterocycles. The number of ether oxygens (including phenoxy) is 1. The summed E-state index contributed by atoms with van der Waals surface area (Å²) in [7, 11) is 0. The highest BCUT2D eigenvalue weighted by Gasteiger charge is 2.25. The number of primary amides is 1. The molecule has 5 nitrogen and oxygen atoms in total. The summed E-state index contributed by atoms with van der Waals surface area (Å²) in [5.74, 6) is 0.681. The smallest absolute Gasteiger partial charge is 0.222 e. The molecule has 120 valence electrons. The lowest BCUT2D eigenvalue weighted by Crippen LogP contribution is -2.41. The van der Waals surface area contributed by atoms with Crippen molar-refractivity contribution in [3.63, 3.8) is 0 Å². The van der Waals surface area contributed by atoms with Crippen LogP contribution in [0.5, 0.6) is 5.75 Å². The van der Waals surface area contributed by atoms with Crippen LogP contribution >= 0.6 is 0 Å². The Balaban J connectivity index is 1.66. The molecule has 1 aliphatic rings. The van der Waals surface area contributed by atoms with Crippen LogP contribution in [0.15, 0.2) is 24.3 Å². The molecule has 1 saturated heterocycles.